The van der Waals surface area contributed by atoms with E-state index < -0.39 is 15.9 Å². The molecule has 0 spiro atoms. The Labute approximate surface area is 150 Å². The predicted molar refractivity (Wildman–Crippen MR) is 95.5 cm³/mol. The number of nitrogens with one attached hydrogen (secondary N) is 2. The van der Waals surface area contributed by atoms with Gasteiger partial charge in [0.05, 0.1) is 17.1 Å². The maximum atomic E-state index is 12.4. The van der Waals surface area contributed by atoms with Crippen LogP contribution in [0.3, 0.4) is 0 Å². The number of hydrogen-bond acceptors (Lipinski definition) is 5. The lowest BCUT2D eigenvalue weighted by Gasteiger charge is -2.19. The molecule has 0 radical (unpaired) electrons. The van der Waals surface area contributed by atoms with Crippen LogP contribution in [0, 0.1) is 0 Å². The van der Waals surface area contributed by atoms with Crippen LogP contribution in [-0.2, 0) is 19.6 Å². The number of benzene rings is 2. The highest BCUT2D eigenvalue weighted by molar-refractivity contribution is 7.89. The second kappa shape index (κ2) is 7.14. The molecule has 1 aliphatic heterocycles. The first-order valence-electron chi connectivity index (χ1n) is 7.74. The molecule has 3 rings (SSSR count). The molecule has 0 unspecified atom stereocenters. The third-order valence-corrected chi connectivity index (χ3v) is 5.53. The molecule has 0 aromatic heterocycles. The summed E-state index contributed by atoms with van der Waals surface area (Å²) in [6.45, 7) is -0.405. The second-order valence-electron chi connectivity index (χ2n) is 5.67. The molecule has 2 amide bonds. The fourth-order valence-electron chi connectivity index (χ4n) is 2.42. The number of rotatable bonds is 5. The van der Waals surface area contributed by atoms with E-state index in [1.807, 2.05) is 0 Å². The van der Waals surface area contributed by atoms with Crippen molar-refractivity contribution in [3.63, 3.8) is 0 Å². The number of fused-ring (bicyclic) bond motifs is 1. The summed E-state index contributed by atoms with van der Waals surface area (Å²) in [6, 6.07) is 12.7. The summed E-state index contributed by atoms with van der Waals surface area (Å²) in [6.07, 6.45) is 0. The molecular formula is C17H17N3O5S. The van der Waals surface area contributed by atoms with Gasteiger partial charge in [0.15, 0.2) is 6.61 Å². The van der Waals surface area contributed by atoms with Crippen molar-refractivity contribution in [1.29, 1.82) is 0 Å². The van der Waals surface area contributed by atoms with Crippen LogP contribution in [0.1, 0.15) is 0 Å². The molecule has 0 saturated carbocycles. The van der Waals surface area contributed by atoms with E-state index in [9.17, 15) is 18.0 Å². The van der Waals surface area contributed by atoms with Crippen LogP contribution in [0.5, 0.6) is 5.75 Å². The van der Waals surface area contributed by atoms with Gasteiger partial charge in [-0.3, -0.25) is 9.59 Å². The standard InChI is InChI=1S/C17H17N3O5S/c1-20(26(23,24)13-5-3-2-4-6-13)10-16(21)18-12-7-8-15-14(9-12)19-17(22)11-25-15/h2-9H,10-11H2,1H3,(H,18,21)(H,19,22). The number of hydrogen-bond donors (Lipinski definition) is 2. The highest BCUT2D eigenvalue weighted by atomic mass is 32.2. The van der Waals surface area contributed by atoms with E-state index in [0.717, 1.165) is 4.31 Å². The summed E-state index contributed by atoms with van der Waals surface area (Å²) in [4.78, 5) is 23.7. The monoisotopic (exact) mass is 375 g/mol. The molecule has 0 fully saturated rings. The van der Waals surface area contributed by atoms with E-state index in [0.29, 0.717) is 17.1 Å². The second-order valence-corrected chi connectivity index (χ2v) is 7.71. The Morgan fingerprint density at radius 1 is 1.23 bits per heavy atom. The van der Waals surface area contributed by atoms with E-state index >= 15 is 0 Å². The number of carbonyl (C=O) groups is 2. The molecule has 0 bridgehead atoms. The van der Waals surface area contributed by atoms with Crippen LogP contribution in [0.25, 0.3) is 0 Å². The summed E-state index contributed by atoms with van der Waals surface area (Å²) in [5.74, 6) is -0.281. The predicted octanol–water partition coefficient (Wildman–Crippen LogP) is 1.28. The van der Waals surface area contributed by atoms with Gasteiger partial charge >= 0.3 is 0 Å². The van der Waals surface area contributed by atoms with Crippen LogP contribution in [0.2, 0.25) is 0 Å². The first-order valence-corrected chi connectivity index (χ1v) is 9.18. The Morgan fingerprint density at radius 3 is 2.69 bits per heavy atom. The largest absolute Gasteiger partial charge is 0.482 e. The molecular weight excluding hydrogens is 358 g/mol. The number of likely N-dealkylation sites (N-methyl/N-ethyl adjacent to an activating group) is 1. The van der Waals surface area contributed by atoms with Gasteiger partial charge in [-0.1, -0.05) is 18.2 Å². The fraction of sp³-hybridized carbons (Fsp3) is 0.176. The zero-order valence-corrected chi connectivity index (χ0v) is 14.7. The Morgan fingerprint density at radius 2 is 1.96 bits per heavy atom. The highest BCUT2D eigenvalue weighted by Gasteiger charge is 2.23. The minimum absolute atomic E-state index is 0.0547. The maximum Gasteiger partial charge on any atom is 0.262 e. The lowest BCUT2D eigenvalue weighted by atomic mass is 10.2. The van der Waals surface area contributed by atoms with Gasteiger partial charge in [-0.05, 0) is 30.3 Å². The molecule has 1 heterocycles. The molecule has 26 heavy (non-hydrogen) atoms. The van der Waals surface area contributed by atoms with E-state index in [1.54, 1.807) is 36.4 Å². The Hall–Kier alpha value is -2.91. The first-order chi connectivity index (χ1) is 12.4. The fourth-order valence-corrected chi connectivity index (χ4v) is 3.57. The smallest absolute Gasteiger partial charge is 0.262 e. The Balaban J connectivity index is 1.67. The number of nitrogens with zero attached hydrogens (tertiary/aromatic N) is 1. The number of ether oxygens (including phenoxy) is 1. The van der Waals surface area contributed by atoms with Gasteiger partial charge in [0.1, 0.15) is 5.75 Å². The van der Waals surface area contributed by atoms with Gasteiger partial charge in [0.2, 0.25) is 15.9 Å². The molecule has 0 atom stereocenters. The van der Waals surface area contributed by atoms with Gasteiger partial charge in [-0.25, -0.2) is 8.42 Å². The Bertz CT molecular complexity index is 944. The topological polar surface area (TPSA) is 105 Å². The van der Waals surface area contributed by atoms with Crippen molar-refractivity contribution >= 4 is 33.2 Å². The summed E-state index contributed by atoms with van der Waals surface area (Å²) < 4.78 is 31.1. The van der Waals surface area contributed by atoms with Gasteiger partial charge in [0.25, 0.3) is 5.91 Å². The van der Waals surface area contributed by atoms with Crippen LogP contribution in [0.15, 0.2) is 53.4 Å². The molecule has 1 aliphatic rings. The van der Waals surface area contributed by atoms with Crippen molar-refractivity contribution < 1.29 is 22.7 Å². The molecule has 8 nitrogen and oxygen atoms in total. The average molecular weight is 375 g/mol. The number of sulfonamides is 1. The van der Waals surface area contributed by atoms with Crippen molar-refractivity contribution in [3.05, 3.63) is 48.5 Å². The molecule has 2 N–H and O–H groups in total. The molecule has 0 aliphatic carbocycles. The van der Waals surface area contributed by atoms with E-state index in [-0.39, 0.29) is 24.0 Å². The Kier molecular flexibility index (Phi) is 4.92. The summed E-state index contributed by atoms with van der Waals surface area (Å²) >= 11 is 0. The molecule has 9 heteroatoms. The van der Waals surface area contributed by atoms with Crippen LogP contribution < -0.4 is 15.4 Å². The van der Waals surface area contributed by atoms with Gasteiger partial charge in [0, 0.05) is 12.7 Å². The van der Waals surface area contributed by atoms with Crippen molar-refractivity contribution in [2.24, 2.45) is 0 Å². The van der Waals surface area contributed by atoms with Crippen molar-refractivity contribution in [1.82, 2.24) is 4.31 Å². The van der Waals surface area contributed by atoms with Crippen molar-refractivity contribution in [2.45, 2.75) is 4.90 Å². The van der Waals surface area contributed by atoms with Crippen molar-refractivity contribution in [3.8, 4) is 5.75 Å². The molecule has 2 aromatic rings. The number of amides is 2. The number of anilines is 2. The zero-order chi connectivity index (χ0) is 18.7. The molecule has 136 valence electrons. The lowest BCUT2D eigenvalue weighted by molar-refractivity contribution is -0.118. The third-order valence-electron chi connectivity index (χ3n) is 3.71. The van der Waals surface area contributed by atoms with Gasteiger partial charge in [-0.15, -0.1) is 0 Å². The zero-order valence-electron chi connectivity index (χ0n) is 13.9. The summed E-state index contributed by atoms with van der Waals surface area (Å²) in [7, 11) is -2.42. The first kappa shape index (κ1) is 17.9. The minimum Gasteiger partial charge on any atom is -0.482 e. The van der Waals surface area contributed by atoms with E-state index in [2.05, 4.69) is 10.6 Å². The normalized spacial score (nSPS) is 13.5. The quantitative estimate of drug-likeness (QED) is 0.819. The third kappa shape index (κ3) is 3.84. The SMILES string of the molecule is CN(CC(=O)Nc1ccc2c(c1)NC(=O)CO2)S(=O)(=O)c1ccccc1. The van der Waals surface area contributed by atoms with Crippen LogP contribution in [-0.4, -0.2) is 44.7 Å². The van der Waals surface area contributed by atoms with Gasteiger partial charge in [-0.2, -0.15) is 4.31 Å². The van der Waals surface area contributed by atoms with Crippen LogP contribution >= 0.6 is 0 Å². The van der Waals surface area contributed by atoms with E-state index in [4.69, 9.17) is 4.74 Å². The van der Waals surface area contributed by atoms with Crippen LogP contribution in [0.4, 0.5) is 11.4 Å². The maximum absolute atomic E-state index is 12.4. The number of carbonyl (C=O) groups excluding carboxylic acids is 2. The van der Waals surface area contributed by atoms with Gasteiger partial charge < -0.3 is 15.4 Å². The minimum atomic E-state index is -3.75. The lowest BCUT2D eigenvalue weighted by Crippen LogP contribution is -2.35. The van der Waals surface area contributed by atoms with Crippen molar-refractivity contribution in [2.75, 3.05) is 30.8 Å². The molecule has 2 aromatic carbocycles. The van der Waals surface area contributed by atoms with E-state index in [1.165, 1.54) is 19.2 Å². The summed E-state index contributed by atoms with van der Waals surface area (Å²) in [5.41, 5.74) is 0.870. The highest BCUT2D eigenvalue weighted by Crippen LogP contribution is 2.30. The summed E-state index contributed by atoms with van der Waals surface area (Å²) in [5, 5.41) is 5.25. The average Bonchev–Trinajstić information content (AvgIpc) is 2.62. The molecule has 0 saturated heterocycles.